The SMILES string of the molecule is CN1CCCC1CNC1CCCc2cccnc21. The standard InChI is InChI=1S/C15H23N3/c1-18-10-4-7-13(18)11-17-14-8-2-5-12-6-3-9-16-15(12)14/h3,6,9,13-14,17H,2,4-5,7-8,10-11H2,1H3. The van der Waals surface area contributed by atoms with Gasteiger partial charge in [0.1, 0.15) is 0 Å². The van der Waals surface area contributed by atoms with Gasteiger partial charge in [0, 0.05) is 24.8 Å². The molecule has 0 amide bonds. The summed E-state index contributed by atoms with van der Waals surface area (Å²) in [7, 11) is 2.24. The minimum atomic E-state index is 0.476. The largest absolute Gasteiger partial charge is 0.307 e. The van der Waals surface area contributed by atoms with Gasteiger partial charge in [-0.05, 0) is 57.3 Å². The van der Waals surface area contributed by atoms with Crippen molar-refractivity contribution >= 4 is 0 Å². The maximum atomic E-state index is 4.59. The molecule has 2 unspecified atom stereocenters. The minimum Gasteiger partial charge on any atom is -0.307 e. The first-order valence-electron chi connectivity index (χ1n) is 7.22. The van der Waals surface area contributed by atoms with E-state index in [0.717, 1.165) is 12.6 Å². The predicted molar refractivity (Wildman–Crippen MR) is 73.6 cm³/mol. The highest BCUT2D eigenvalue weighted by Crippen LogP contribution is 2.28. The third-order valence-electron chi connectivity index (χ3n) is 4.47. The van der Waals surface area contributed by atoms with Crippen LogP contribution >= 0.6 is 0 Å². The van der Waals surface area contributed by atoms with E-state index in [9.17, 15) is 0 Å². The molecule has 1 aromatic heterocycles. The van der Waals surface area contributed by atoms with Crippen LogP contribution in [0, 0.1) is 0 Å². The second-order valence-electron chi connectivity index (χ2n) is 5.68. The van der Waals surface area contributed by atoms with Crippen molar-refractivity contribution in [3.63, 3.8) is 0 Å². The lowest BCUT2D eigenvalue weighted by Crippen LogP contribution is -2.38. The fourth-order valence-electron chi connectivity index (χ4n) is 3.32. The van der Waals surface area contributed by atoms with Gasteiger partial charge in [-0.2, -0.15) is 0 Å². The first-order valence-corrected chi connectivity index (χ1v) is 7.22. The topological polar surface area (TPSA) is 28.2 Å². The number of likely N-dealkylation sites (N-methyl/N-ethyl adjacent to an activating group) is 1. The molecule has 1 aliphatic carbocycles. The number of aryl methyl sites for hydroxylation is 1. The molecule has 0 aromatic carbocycles. The normalized spacial score (nSPS) is 28.3. The summed E-state index contributed by atoms with van der Waals surface area (Å²) in [6.45, 7) is 2.36. The van der Waals surface area contributed by atoms with Crippen LogP contribution < -0.4 is 5.32 Å². The van der Waals surface area contributed by atoms with Gasteiger partial charge in [-0.3, -0.25) is 4.98 Å². The van der Waals surface area contributed by atoms with E-state index >= 15 is 0 Å². The lowest BCUT2D eigenvalue weighted by atomic mass is 9.92. The Kier molecular flexibility index (Phi) is 3.62. The summed E-state index contributed by atoms with van der Waals surface area (Å²) in [6, 6.07) is 5.49. The fourth-order valence-corrected chi connectivity index (χ4v) is 3.32. The molecule has 1 fully saturated rings. The Hall–Kier alpha value is -0.930. The number of likely N-dealkylation sites (tertiary alicyclic amines) is 1. The van der Waals surface area contributed by atoms with Crippen LogP contribution in [0.3, 0.4) is 0 Å². The number of pyridine rings is 1. The van der Waals surface area contributed by atoms with Gasteiger partial charge in [-0.1, -0.05) is 6.07 Å². The molecule has 2 heterocycles. The fraction of sp³-hybridized carbons (Fsp3) is 0.667. The van der Waals surface area contributed by atoms with E-state index in [2.05, 4.69) is 34.4 Å². The smallest absolute Gasteiger partial charge is 0.0605 e. The molecule has 1 saturated heterocycles. The van der Waals surface area contributed by atoms with E-state index in [-0.39, 0.29) is 0 Å². The molecule has 3 nitrogen and oxygen atoms in total. The zero-order valence-corrected chi connectivity index (χ0v) is 11.2. The average Bonchev–Trinajstić information content (AvgIpc) is 2.82. The van der Waals surface area contributed by atoms with Crippen LogP contribution in [0.15, 0.2) is 18.3 Å². The van der Waals surface area contributed by atoms with Gasteiger partial charge in [-0.15, -0.1) is 0 Å². The summed E-state index contributed by atoms with van der Waals surface area (Å²) in [4.78, 5) is 7.07. The first-order chi connectivity index (χ1) is 8.84. The molecular formula is C15H23N3. The van der Waals surface area contributed by atoms with E-state index in [1.54, 1.807) is 0 Å². The number of nitrogens with one attached hydrogen (secondary N) is 1. The Bertz CT molecular complexity index is 404. The summed E-state index contributed by atoms with van der Waals surface area (Å²) in [5, 5.41) is 3.75. The van der Waals surface area contributed by atoms with E-state index in [4.69, 9.17) is 0 Å². The van der Waals surface area contributed by atoms with Gasteiger partial charge < -0.3 is 10.2 Å². The molecule has 0 spiro atoms. The molecule has 2 aliphatic rings. The van der Waals surface area contributed by atoms with Crippen LogP contribution in [0.1, 0.15) is 43.0 Å². The van der Waals surface area contributed by atoms with E-state index < -0.39 is 0 Å². The van der Waals surface area contributed by atoms with Gasteiger partial charge in [0.2, 0.25) is 0 Å². The lowest BCUT2D eigenvalue weighted by Gasteiger charge is -2.28. The van der Waals surface area contributed by atoms with Crippen molar-refractivity contribution in [2.45, 2.75) is 44.2 Å². The van der Waals surface area contributed by atoms with Crippen LogP contribution in [0.4, 0.5) is 0 Å². The van der Waals surface area contributed by atoms with Crippen molar-refractivity contribution < 1.29 is 0 Å². The van der Waals surface area contributed by atoms with E-state index in [1.165, 1.54) is 49.9 Å². The van der Waals surface area contributed by atoms with Crippen LogP contribution in [-0.4, -0.2) is 36.1 Å². The number of fused-ring (bicyclic) bond motifs is 1. The second kappa shape index (κ2) is 5.37. The molecule has 98 valence electrons. The van der Waals surface area contributed by atoms with Gasteiger partial charge in [0.15, 0.2) is 0 Å². The van der Waals surface area contributed by atoms with Crippen molar-refractivity contribution in [3.05, 3.63) is 29.6 Å². The molecule has 18 heavy (non-hydrogen) atoms. The molecule has 3 rings (SSSR count). The van der Waals surface area contributed by atoms with Crippen molar-refractivity contribution in [1.82, 2.24) is 15.2 Å². The van der Waals surface area contributed by atoms with Gasteiger partial charge in [0.25, 0.3) is 0 Å². The van der Waals surface area contributed by atoms with Crippen LogP contribution in [-0.2, 0) is 6.42 Å². The minimum absolute atomic E-state index is 0.476. The molecular weight excluding hydrogens is 222 g/mol. The number of rotatable bonds is 3. The molecule has 1 aliphatic heterocycles. The molecule has 0 bridgehead atoms. The number of aromatic nitrogens is 1. The average molecular weight is 245 g/mol. The van der Waals surface area contributed by atoms with Gasteiger partial charge >= 0.3 is 0 Å². The summed E-state index contributed by atoms with van der Waals surface area (Å²) < 4.78 is 0. The predicted octanol–water partition coefficient (Wildman–Crippen LogP) is 2.14. The van der Waals surface area contributed by atoms with E-state index in [1.807, 2.05) is 6.20 Å². The van der Waals surface area contributed by atoms with Crippen molar-refractivity contribution in [1.29, 1.82) is 0 Å². The van der Waals surface area contributed by atoms with Crippen molar-refractivity contribution in [2.24, 2.45) is 0 Å². The number of hydrogen-bond acceptors (Lipinski definition) is 3. The Balaban J connectivity index is 1.64. The summed E-state index contributed by atoms with van der Waals surface area (Å²) >= 11 is 0. The number of hydrogen-bond donors (Lipinski definition) is 1. The third kappa shape index (κ3) is 2.43. The monoisotopic (exact) mass is 245 g/mol. The summed E-state index contributed by atoms with van der Waals surface area (Å²) in [6.07, 6.45) is 8.34. The highest BCUT2D eigenvalue weighted by molar-refractivity contribution is 5.25. The highest BCUT2D eigenvalue weighted by Gasteiger charge is 2.24. The first kappa shape index (κ1) is 12.1. The zero-order chi connectivity index (χ0) is 12.4. The van der Waals surface area contributed by atoms with E-state index in [0.29, 0.717) is 6.04 Å². The highest BCUT2D eigenvalue weighted by atomic mass is 15.2. The van der Waals surface area contributed by atoms with Crippen LogP contribution in [0.5, 0.6) is 0 Å². The van der Waals surface area contributed by atoms with Crippen molar-refractivity contribution in [3.8, 4) is 0 Å². The lowest BCUT2D eigenvalue weighted by molar-refractivity contribution is 0.285. The van der Waals surface area contributed by atoms with Crippen LogP contribution in [0.25, 0.3) is 0 Å². The molecule has 3 heteroatoms. The Morgan fingerprint density at radius 3 is 3.17 bits per heavy atom. The molecule has 0 radical (unpaired) electrons. The van der Waals surface area contributed by atoms with Crippen molar-refractivity contribution in [2.75, 3.05) is 20.1 Å². The molecule has 0 saturated carbocycles. The van der Waals surface area contributed by atoms with Gasteiger partial charge in [-0.25, -0.2) is 0 Å². The van der Waals surface area contributed by atoms with Crippen LogP contribution in [0.2, 0.25) is 0 Å². The maximum absolute atomic E-state index is 4.59. The molecule has 2 atom stereocenters. The van der Waals surface area contributed by atoms with Gasteiger partial charge in [0.05, 0.1) is 5.69 Å². The quantitative estimate of drug-likeness (QED) is 0.884. The Labute approximate surface area is 110 Å². The zero-order valence-electron chi connectivity index (χ0n) is 11.2. The molecule has 1 N–H and O–H groups in total. The molecule has 1 aromatic rings. The third-order valence-corrected chi connectivity index (χ3v) is 4.47. The summed E-state index contributed by atoms with van der Waals surface area (Å²) in [5.41, 5.74) is 2.74. The summed E-state index contributed by atoms with van der Waals surface area (Å²) in [5.74, 6) is 0. The Morgan fingerprint density at radius 1 is 1.39 bits per heavy atom. The maximum Gasteiger partial charge on any atom is 0.0605 e. The number of nitrogens with zero attached hydrogens (tertiary/aromatic N) is 2. The Morgan fingerprint density at radius 2 is 2.33 bits per heavy atom. The second-order valence-corrected chi connectivity index (χ2v) is 5.68.